The molecule has 0 saturated heterocycles. The lowest BCUT2D eigenvalue weighted by molar-refractivity contribution is -0.136. The summed E-state index contributed by atoms with van der Waals surface area (Å²) < 4.78 is 42.6. The number of nitrogens with one attached hydrogen (secondary N) is 1. The van der Waals surface area contributed by atoms with Crippen molar-refractivity contribution in [1.82, 2.24) is 14.5 Å². The van der Waals surface area contributed by atoms with E-state index < -0.39 is 22.7 Å². The summed E-state index contributed by atoms with van der Waals surface area (Å²) in [7, 11) is 0. The molecular formula is C15H11ClF3N3OS2. The summed E-state index contributed by atoms with van der Waals surface area (Å²) in [6.07, 6.45) is -4.72. The molecule has 3 heterocycles. The maximum Gasteiger partial charge on any atom is 0.417 e. The second-order valence-electron chi connectivity index (χ2n) is 5.58. The van der Waals surface area contributed by atoms with Crippen LogP contribution in [0.5, 0.6) is 0 Å². The number of fused-ring (bicyclic) bond motifs is 1. The standard InChI is InChI=1S/C15H11ClF3N3OS2/c1-6(2)22-12-11(13(23)21-14(22)24)7(15(17,18)19)5-8(20-12)9-3-4-10(16)25-9/h3-6H,1-2H3,(H,21,23,24). The van der Waals surface area contributed by atoms with Crippen molar-refractivity contribution < 1.29 is 13.2 Å². The van der Waals surface area contributed by atoms with E-state index in [9.17, 15) is 18.0 Å². The number of hydrogen-bond donors (Lipinski definition) is 1. The van der Waals surface area contributed by atoms with Gasteiger partial charge in [-0.3, -0.25) is 14.3 Å². The Morgan fingerprint density at radius 2 is 2.04 bits per heavy atom. The van der Waals surface area contributed by atoms with Crippen LogP contribution in [0.4, 0.5) is 13.2 Å². The van der Waals surface area contributed by atoms with Crippen molar-refractivity contribution in [3.05, 3.63) is 43.2 Å². The van der Waals surface area contributed by atoms with Gasteiger partial charge in [0.05, 0.1) is 25.9 Å². The zero-order chi connectivity index (χ0) is 18.5. The maximum atomic E-state index is 13.6. The zero-order valence-corrected chi connectivity index (χ0v) is 15.3. The zero-order valence-electron chi connectivity index (χ0n) is 12.9. The van der Waals surface area contributed by atoms with E-state index in [-0.39, 0.29) is 22.2 Å². The van der Waals surface area contributed by atoms with Gasteiger partial charge < -0.3 is 0 Å². The van der Waals surface area contributed by atoms with E-state index in [4.69, 9.17) is 23.8 Å². The molecule has 132 valence electrons. The van der Waals surface area contributed by atoms with E-state index in [0.29, 0.717) is 9.21 Å². The lowest BCUT2D eigenvalue weighted by Crippen LogP contribution is -2.21. The summed E-state index contributed by atoms with van der Waals surface area (Å²) in [4.78, 5) is 19.3. The van der Waals surface area contributed by atoms with Crippen LogP contribution in [0, 0.1) is 4.77 Å². The van der Waals surface area contributed by atoms with Crippen LogP contribution < -0.4 is 5.56 Å². The summed E-state index contributed by atoms with van der Waals surface area (Å²) in [5.74, 6) is 0. The van der Waals surface area contributed by atoms with E-state index in [0.717, 1.165) is 17.4 Å². The second-order valence-corrected chi connectivity index (χ2v) is 7.68. The fourth-order valence-corrected chi connectivity index (χ4v) is 3.92. The number of thiophene rings is 1. The smallest absolute Gasteiger partial charge is 0.300 e. The van der Waals surface area contributed by atoms with Crippen LogP contribution in [-0.2, 0) is 6.18 Å². The fraction of sp³-hybridized carbons (Fsp3) is 0.267. The monoisotopic (exact) mass is 405 g/mol. The van der Waals surface area contributed by atoms with Crippen molar-refractivity contribution in [2.24, 2.45) is 0 Å². The van der Waals surface area contributed by atoms with Crippen LogP contribution in [0.25, 0.3) is 21.6 Å². The topological polar surface area (TPSA) is 50.7 Å². The summed E-state index contributed by atoms with van der Waals surface area (Å²) >= 11 is 12.1. The van der Waals surface area contributed by atoms with Crippen molar-refractivity contribution in [2.45, 2.75) is 26.1 Å². The van der Waals surface area contributed by atoms with Gasteiger partial charge in [-0.2, -0.15) is 13.2 Å². The van der Waals surface area contributed by atoms with E-state index in [1.807, 2.05) is 0 Å². The molecule has 0 aliphatic carbocycles. The first-order chi connectivity index (χ1) is 11.6. The molecule has 0 amide bonds. The molecule has 0 aromatic carbocycles. The number of pyridine rings is 1. The van der Waals surface area contributed by atoms with Gasteiger partial charge in [0, 0.05) is 6.04 Å². The molecule has 0 spiro atoms. The normalized spacial score (nSPS) is 12.3. The Morgan fingerprint density at radius 1 is 1.36 bits per heavy atom. The third-order valence-electron chi connectivity index (χ3n) is 3.54. The van der Waals surface area contributed by atoms with E-state index in [1.54, 1.807) is 26.0 Å². The Kier molecular flexibility index (Phi) is 4.50. The molecule has 1 N–H and O–H groups in total. The number of rotatable bonds is 2. The molecule has 3 rings (SSSR count). The second kappa shape index (κ2) is 6.22. The number of halogens is 4. The predicted octanol–water partition coefficient (Wildman–Crippen LogP) is 5.44. The minimum atomic E-state index is -4.72. The number of aromatic amines is 1. The van der Waals surface area contributed by atoms with Crippen LogP contribution >= 0.6 is 35.2 Å². The Morgan fingerprint density at radius 3 is 2.56 bits per heavy atom. The molecule has 0 unspecified atom stereocenters. The number of H-pyrrole nitrogens is 1. The van der Waals surface area contributed by atoms with Crippen LogP contribution in [0.3, 0.4) is 0 Å². The molecule has 0 saturated carbocycles. The van der Waals surface area contributed by atoms with Crippen molar-refractivity contribution in [2.75, 3.05) is 0 Å². The molecule has 3 aromatic rings. The summed E-state index contributed by atoms with van der Waals surface area (Å²) in [6.45, 7) is 3.49. The van der Waals surface area contributed by atoms with Gasteiger partial charge in [-0.1, -0.05) is 11.6 Å². The van der Waals surface area contributed by atoms with E-state index >= 15 is 0 Å². The average molecular weight is 406 g/mol. The van der Waals surface area contributed by atoms with Gasteiger partial charge in [0.15, 0.2) is 4.77 Å². The summed E-state index contributed by atoms with van der Waals surface area (Å²) in [5, 5.41) is -0.527. The first-order valence-corrected chi connectivity index (χ1v) is 8.72. The van der Waals surface area contributed by atoms with Crippen molar-refractivity contribution in [3.8, 4) is 10.6 Å². The van der Waals surface area contributed by atoms with Gasteiger partial charge in [0.1, 0.15) is 5.65 Å². The molecule has 0 aliphatic heterocycles. The predicted molar refractivity (Wildman–Crippen MR) is 94.9 cm³/mol. The number of nitrogens with zero attached hydrogens (tertiary/aromatic N) is 2. The number of aromatic nitrogens is 3. The molecule has 0 atom stereocenters. The van der Waals surface area contributed by atoms with Gasteiger partial charge >= 0.3 is 6.18 Å². The Balaban J connectivity index is 2.53. The molecule has 4 nitrogen and oxygen atoms in total. The van der Waals surface area contributed by atoms with Crippen molar-refractivity contribution >= 4 is 46.2 Å². The molecular weight excluding hydrogens is 395 g/mol. The van der Waals surface area contributed by atoms with Gasteiger partial charge in [-0.25, -0.2) is 4.98 Å². The third-order valence-corrected chi connectivity index (χ3v) is 5.09. The Hall–Kier alpha value is -1.71. The largest absolute Gasteiger partial charge is 0.417 e. The van der Waals surface area contributed by atoms with Gasteiger partial charge in [-0.05, 0) is 44.3 Å². The average Bonchev–Trinajstić information content (AvgIpc) is 2.91. The minimum absolute atomic E-state index is 0.0227. The van der Waals surface area contributed by atoms with Gasteiger partial charge in [-0.15, -0.1) is 11.3 Å². The maximum absolute atomic E-state index is 13.6. The highest BCUT2D eigenvalue weighted by Gasteiger charge is 2.35. The van der Waals surface area contributed by atoms with Crippen LogP contribution in [0.15, 0.2) is 23.0 Å². The van der Waals surface area contributed by atoms with Gasteiger partial charge in [0.25, 0.3) is 5.56 Å². The van der Waals surface area contributed by atoms with E-state index in [1.165, 1.54) is 4.57 Å². The van der Waals surface area contributed by atoms with E-state index in [2.05, 4.69) is 9.97 Å². The molecule has 0 bridgehead atoms. The lowest BCUT2D eigenvalue weighted by atomic mass is 10.1. The Bertz CT molecular complexity index is 1080. The van der Waals surface area contributed by atoms with Crippen molar-refractivity contribution in [3.63, 3.8) is 0 Å². The highest BCUT2D eigenvalue weighted by molar-refractivity contribution is 7.71. The van der Waals surface area contributed by atoms with Crippen molar-refractivity contribution in [1.29, 1.82) is 0 Å². The molecule has 10 heteroatoms. The summed E-state index contributed by atoms with van der Waals surface area (Å²) in [5.41, 5.74) is -1.97. The Labute approximate surface area is 153 Å². The molecule has 0 aliphatic rings. The van der Waals surface area contributed by atoms with Gasteiger partial charge in [0.2, 0.25) is 0 Å². The first-order valence-electron chi connectivity index (χ1n) is 7.12. The quantitative estimate of drug-likeness (QED) is 0.578. The van der Waals surface area contributed by atoms with Crippen LogP contribution in [-0.4, -0.2) is 14.5 Å². The highest BCUT2D eigenvalue weighted by Crippen LogP contribution is 2.38. The SMILES string of the molecule is CC(C)n1c(=S)[nH]c(=O)c2c(C(F)(F)F)cc(-c3ccc(Cl)s3)nc21. The molecule has 0 fully saturated rings. The first kappa shape index (κ1) is 18.1. The highest BCUT2D eigenvalue weighted by atomic mass is 35.5. The molecule has 3 aromatic heterocycles. The fourth-order valence-electron chi connectivity index (χ4n) is 2.53. The van der Waals surface area contributed by atoms with Crippen LogP contribution in [0.1, 0.15) is 25.5 Å². The molecule has 0 radical (unpaired) electrons. The number of hydrogen-bond acceptors (Lipinski definition) is 4. The molecule has 25 heavy (non-hydrogen) atoms. The number of alkyl halides is 3. The summed E-state index contributed by atoms with van der Waals surface area (Å²) in [6, 6.07) is 3.74. The third kappa shape index (κ3) is 3.23. The lowest BCUT2D eigenvalue weighted by Gasteiger charge is -2.17. The van der Waals surface area contributed by atoms with Crippen LogP contribution in [0.2, 0.25) is 4.34 Å². The minimum Gasteiger partial charge on any atom is -0.300 e.